The number of hydrogen-bond acceptors (Lipinski definition) is 5. The highest BCUT2D eigenvalue weighted by Crippen LogP contribution is 2.21. The highest BCUT2D eigenvalue weighted by molar-refractivity contribution is 7.16. The van der Waals surface area contributed by atoms with E-state index in [0.717, 1.165) is 10.2 Å². The van der Waals surface area contributed by atoms with E-state index in [2.05, 4.69) is 15.0 Å². The molecule has 0 saturated heterocycles. The molecule has 6 nitrogen and oxygen atoms in total. The lowest BCUT2D eigenvalue weighted by atomic mass is 10.3. The summed E-state index contributed by atoms with van der Waals surface area (Å²) in [6, 6.07) is 5.35. The summed E-state index contributed by atoms with van der Waals surface area (Å²) in [6.07, 6.45) is 0. The molecule has 0 radical (unpaired) electrons. The molecule has 1 aromatic heterocycles. The minimum Gasteiger partial charge on any atom is -0.480 e. The first kappa shape index (κ1) is 12.5. The molecule has 2 aromatic rings. The first-order valence-corrected chi connectivity index (χ1v) is 5.96. The van der Waals surface area contributed by atoms with Gasteiger partial charge in [-0.05, 0) is 18.2 Å². The van der Waals surface area contributed by atoms with E-state index in [9.17, 15) is 9.59 Å². The number of nitrogens with one attached hydrogen (secondary N) is 1. The molecule has 0 saturated carbocycles. The van der Waals surface area contributed by atoms with Crippen molar-refractivity contribution < 1.29 is 19.4 Å². The molecular weight excluding hydrogens is 256 g/mol. The second-order valence-corrected chi connectivity index (χ2v) is 4.36. The number of benzene rings is 1. The third kappa shape index (κ3) is 3.25. The molecule has 0 bridgehead atoms. The predicted octanol–water partition coefficient (Wildman–Crippen LogP) is 1.34. The van der Waals surface area contributed by atoms with Crippen molar-refractivity contribution >= 4 is 39.1 Å². The Kier molecular flexibility index (Phi) is 3.85. The zero-order valence-corrected chi connectivity index (χ0v) is 10.1. The van der Waals surface area contributed by atoms with Crippen LogP contribution in [0.25, 0.3) is 10.2 Å². The lowest BCUT2D eigenvalue weighted by Crippen LogP contribution is -2.20. The quantitative estimate of drug-likeness (QED) is 0.852. The van der Waals surface area contributed by atoms with E-state index in [1.807, 2.05) is 6.07 Å². The van der Waals surface area contributed by atoms with Crippen LogP contribution in [0.15, 0.2) is 23.7 Å². The summed E-state index contributed by atoms with van der Waals surface area (Å²) >= 11 is 1.48. The summed E-state index contributed by atoms with van der Waals surface area (Å²) in [4.78, 5) is 25.7. The van der Waals surface area contributed by atoms with Gasteiger partial charge in [0.05, 0.1) is 15.7 Å². The van der Waals surface area contributed by atoms with Gasteiger partial charge in [0.15, 0.2) is 0 Å². The fraction of sp³-hybridized carbons (Fsp3) is 0.182. The highest BCUT2D eigenvalue weighted by atomic mass is 32.1. The first-order chi connectivity index (χ1) is 8.65. The zero-order chi connectivity index (χ0) is 13.0. The summed E-state index contributed by atoms with van der Waals surface area (Å²) in [5.41, 5.74) is 3.24. The van der Waals surface area contributed by atoms with Gasteiger partial charge in [-0.3, -0.25) is 4.79 Å². The number of carbonyl (C=O) groups is 2. The Morgan fingerprint density at radius 3 is 3.00 bits per heavy atom. The Morgan fingerprint density at radius 1 is 1.39 bits per heavy atom. The molecular formula is C11H10N2O4S. The number of fused-ring (bicyclic) bond motifs is 1. The van der Waals surface area contributed by atoms with Gasteiger partial charge in [0.25, 0.3) is 0 Å². The van der Waals surface area contributed by atoms with E-state index in [0.29, 0.717) is 5.69 Å². The van der Waals surface area contributed by atoms with Gasteiger partial charge in [-0.25, -0.2) is 9.78 Å². The van der Waals surface area contributed by atoms with Crippen LogP contribution in [0.5, 0.6) is 0 Å². The van der Waals surface area contributed by atoms with Crippen molar-refractivity contribution in [2.45, 2.75) is 0 Å². The van der Waals surface area contributed by atoms with Crippen molar-refractivity contribution in [3.63, 3.8) is 0 Å². The number of aliphatic carboxylic acids is 1. The van der Waals surface area contributed by atoms with Crippen molar-refractivity contribution in [1.82, 2.24) is 4.98 Å². The number of carboxylic acids is 1. The van der Waals surface area contributed by atoms with Crippen LogP contribution < -0.4 is 5.32 Å². The molecule has 1 amide bonds. The molecule has 7 heteroatoms. The second kappa shape index (κ2) is 5.56. The Bertz CT molecular complexity index is 581. The van der Waals surface area contributed by atoms with Crippen molar-refractivity contribution in [2.24, 2.45) is 0 Å². The smallest absolute Gasteiger partial charge is 0.329 e. The average molecular weight is 266 g/mol. The molecule has 0 atom stereocenters. The summed E-state index contributed by atoms with van der Waals surface area (Å²) < 4.78 is 5.65. The maximum Gasteiger partial charge on any atom is 0.329 e. The molecule has 0 spiro atoms. The molecule has 18 heavy (non-hydrogen) atoms. The Balaban J connectivity index is 1.91. The molecule has 1 heterocycles. The minimum absolute atomic E-state index is 0.285. The monoisotopic (exact) mass is 266 g/mol. The van der Waals surface area contributed by atoms with E-state index in [1.54, 1.807) is 17.6 Å². The normalized spacial score (nSPS) is 10.4. The molecule has 2 rings (SSSR count). The van der Waals surface area contributed by atoms with Crippen LogP contribution in [0.4, 0.5) is 5.69 Å². The largest absolute Gasteiger partial charge is 0.480 e. The summed E-state index contributed by atoms with van der Waals surface area (Å²) in [5.74, 6) is -1.49. The summed E-state index contributed by atoms with van der Waals surface area (Å²) in [5, 5.41) is 11.0. The van der Waals surface area contributed by atoms with Crippen molar-refractivity contribution in [3.05, 3.63) is 23.7 Å². The first-order valence-electron chi connectivity index (χ1n) is 5.08. The fourth-order valence-electron chi connectivity index (χ4n) is 1.36. The molecule has 0 fully saturated rings. The summed E-state index contributed by atoms with van der Waals surface area (Å²) in [7, 11) is 0. The average Bonchev–Trinajstić information content (AvgIpc) is 2.75. The molecule has 0 aliphatic carbocycles. The number of amides is 1. The fourth-order valence-corrected chi connectivity index (χ4v) is 2.08. The van der Waals surface area contributed by atoms with Crippen molar-refractivity contribution in [2.75, 3.05) is 18.5 Å². The van der Waals surface area contributed by atoms with Gasteiger partial charge in [-0.2, -0.15) is 0 Å². The van der Waals surface area contributed by atoms with E-state index in [1.165, 1.54) is 11.3 Å². The number of carboxylic acid groups (broad SMARTS) is 1. The lowest BCUT2D eigenvalue weighted by Gasteiger charge is -2.04. The number of rotatable bonds is 5. The third-order valence-corrected chi connectivity index (χ3v) is 2.87. The maximum atomic E-state index is 11.4. The van der Waals surface area contributed by atoms with E-state index >= 15 is 0 Å². The predicted molar refractivity (Wildman–Crippen MR) is 66.7 cm³/mol. The lowest BCUT2D eigenvalue weighted by molar-refractivity contribution is -0.143. The van der Waals surface area contributed by atoms with Crippen LogP contribution in [0, 0.1) is 0 Å². The van der Waals surface area contributed by atoms with Crippen molar-refractivity contribution in [1.29, 1.82) is 0 Å². The molecule has 0 aliphatic rings. The van der Waals surface area contributed by atoms with Gasteiger partial charge in [0, 0.05) is 5.69 Å². The number of thiazole rings is 1. The number of hydrogen-bond donors (Lipinski definition) is 2. The van der Waals surface area contributed by atoms with Crippen LogP contribution in [0.1, 0.15) is 0 Å². The number of aromatic nitrogens is 1. The van der Waals surface area contributed by atoms with E-state index in [4.69, 9.17) is 5.11 Å². The Labute approximate surface area is 106 Å². The van der Waals surface area contributed by atoms with Gasteiger partial charge >= 0.3 is 5.97 Å². The minimum atomic E-state index is -1.10. The molecule has 94 valence electrons. The van der Waals surface area contributed by atoms with E-state index in [-0.39, 0.29) is 12.5 Å². The van der Waals surface area contributed by atoms with Crippen LogP contribution in [-0.2, 0) is 14.3 Å². The van der Waals surface area contributed by atoms with Crippen LogP contribution >= 0.6 is 11.3 Å². The molecule has 2 N–H and O–H groups in total. The number of ether oxygens (including phenoxy) is 1. The van der Waals surface area contributed by atoms with Gasteiger partial charge < -0.3 is 15.2 Å². The van der Waals surface area contributed by atoms with Crippen LogP contribution in [0.2, 0.25) is 0 Å². The SMILES string of the molecule is O=C(O)COCC(=O)Nc1ccc2ncsc2c1. The highest BCUT2D eigenvalue weighted by Gasteiger charge is 2.05. The van der Waals surface area contributed by atoms with Crippen LogP contribution in [0.3, 0.4) is 0 Å². The van der Waals surface area contributed by atoms with Crippen molar-refractivity contribution in [3.8, 4) is 0 Å². The molecule has 0 unspecified atom stereocenters. The molecule has 1 aromatic carbocycles. The zero-order valence-electron chi connectivity index (χ0n) is 9.25. The van der Waals surface area contributed by atoms with Crippen LogP contribution in [-0.4, -0.2) is 35.2 Å². The van der Waals surface area contributed by atoms with Gasteiger partial charge in [0.2, 0.25) is 5.91 Å². The Morgan fingerprint density at radius 2 is 2.22 bits per heavy atom. The summed E-state index contributed by atoms with van der Waals surface area (Å²) in [6.45, 7) is -0.770. The topological polar surface area (TPSA) is 88.5 Å². The maximum absolute atomic E-state index is 11.4. The number of anilines is 1. The number of nitrogens with zero attached hydrogens (tertiary/aromatic N) is 1. The molecule has 0 aliphatic heterocycles. The van der Waals surface area contributed by atoms with Gasteiger partial charge in [-0.15, -0.1) is 11.3 Å². The van der Waals surface area contributed by atoms with Gasteiger partial charge in [-0.1, -0.05) is 0 Å². The van der Waals surface area contributed by atoms with E-state index < -0.39 is 12.6 Å². The van der Waals surface area contributed by atoms with Gasteiger partial charge in [0.1, 0.15) is 13.2 Å². The standard InChI is InChI=1S/C11H10N2O4S/c14-10(4-17-5-11(15)16)13-7-1-2-8-9(3-7)18-6-12-8/h1-3,6H,4-5H2,(H,13,14)(H,15,16). The second-order valence-electron chi connectivity index (χ2n) is 3.47. The third-order valence-electron chi connectivity index (χ3n) is 2.07. The number of carbonyl (C=O) groups excluding carboxylic acids is 1. The Hall–Kier alpha value is -1.99.